The Kier molecular flexibility index (Phi) is 5.49. The van der Waals surface area contributed by atoms with Crippen LogP contribution in [0.1, 0.15) is 18.5 Å². The Bertz CT molecular complexity index is 774. The fourth-order valence-electron chi connectivity index (χ4n) is 4.12. The Hall–Kier alpha value is -1.49. The molecule has 0 spiro atoms. The maximum absolute atomic E-state index is 13.0. The zero-order valence-corrected chi connectivity index (χ0v) is 16.3. The van der Waals surface area contributed by atoms with E-state index < -0.39 is 10.2 Å². The van der Waals surface area contributed by atoms with Gasteiger partial charge in [-0.05, 0) is 18.9 Å². The summed E-state index contributed by atoms with van der Waals surface area (Å²) in [6, 6.07) is 1.97. The molecule has 27 heavy (non-hydrogen) atoms. The van der Waals surface area contributed by atoms with Crippen molar-refractivity contribution in [2.45, 2.75) is 25.8 Å². The van der Waals surface area contributed by atoms with Crippen LogP contribution in [0.15, 0.2) is 12.3 Å². The van der Waals surface area contributed by atoms with Gasteiger partial charge in [-0.25, -0.2) is 0 Å². The fourth-order valence-corrected chi connectivity index (χ4v) is 5.73. The average molecular weight is 398 g/mol. The van der Waals surface area contributed by atoms with Crippen LogP contribution in [0, 0.1) is 5.92 Å². The highest BCUT2D eigenvalue weighted by atomic mass is 32.2. The molecule has 1 aromatic heterocycles. The lowest BCUT2D eigenvalue weighted by Crippen LogP contribution is -2.49. The average Bonchev–Trinajstić information content (AvgIpc) is 3.02. The van der Waals surface area contributed by atoms with Crippen molar-refractivity contribution < 1.29 is 17.9 Å². The lowest BCUT2D eigenvalue weighted by molar-refractivity contribution is -0.136. The van der Waals surface area contributed by atoms with Crippen molar-refractivity contribution in [3.05, 3.63) is 18.0 Å². The number of carbonyl (C=O) groups is 1. The Labute approximate surface area is 160 Å². The molecule has 3 aliphatic heterocycles. The number of amides is 1. The van der Waals surface area contributed by atoms with Crippen molar-refractivity contribution in [1.82, 2.24) is 23.3 Å². The summed E-state index contributed by atoms with van der Waals surface area (Å²) in [6.07, 6.45) is 3.95. The molecule has 10 heteroatoms. The summed E-state index contributed by atoms with van der Waals surface area (Å²) in [4.78, 5) is 14.8. The molecule has 3 aliphatic rings. The van der Waals surface area contributed by atoms with Crippen molar-refractivity contribution in [2.75, 3.05) is 52.5 Å². The standard InChI is InChI=1S/C17H27N5O4S/c23-17(15-3-7-22-16(14-15)2-4-18-22)19-5-1-6-20(9-8-19)27(24,25)21-10-12-26-13-11-21/h2,4,15H,1,3,5-14H2. The van der Waals surface area contributed by atoms with Gasteiger partial charge in [0, 0.05) is 70.0 Å². The van der Waals surface area contributed by atoms with Gasteiger partial charge in [-0.3, -0.25) is 9.48 Å². The summed E-state index contributed by atoms with van der Waals surface area (Å²) in [7, 11) is -3.48. The molecule has 0 bridgehead atoms. The molecule has 150 valence electrons. The molecule has 4 heterocycles. The molecule has 9 nitrogen and oxygen atoms in total. The monoisotopic (exact) mass is 397 g/mol. The van der Waals surface area contributed by atoms with Crippen molar-refractivity contribution in [3.63, 3.8) is 0 Å². The van der Waals surface area contributed by atoms with Crippen molar-refractivity contribution in [1.29, 1.82) is 0 Å². The topological polar surface area (TPSA) is 88.0 Å². The first-order chi connectivity index (χ1) is 13.1. The zero-order valence-electron chi connectivity index (χ0n) is 15.5. The van der Waals surface area contributed by atoms with Gasteiger partial charge >= 0.3 is 0 Å². The van der Waals surface area contributed by atoms with E-state index in [0.717, 1.165) is 18.7 Å². The molecule has 1 aromatic rings. The van der Waals surface area contributed by atoms with E-state index >= 15 is 0 Å². The zero-order chi connectivity index (χ0) is 18.9. The maximum Gasteiger partial charge on any atom is 0.282 e. The molecular weight excluding hydrogens is 370 g/mol. The van der Waals surface area contributed by atoms with E-state index in [1.807, 2.05) is 15.6 Å². The van der Waals surface area contributed by atoms with E-state index in [4.69, 9.17) is 4.74 Å². The minimum absolute atomic E-state index is 0.0309. The smallest absolute Gasteiger partial charge is 0.282 e. The second-order valence-electron chi connectivity index (χ2n) is 7.33. The number of aromatic nitrogens is 2. The first-order valence-corrected chi connectivity index (χ1v) is 11.1. The van der Waals surface area contributed by atoms with Crippen molar-refractivity contribution in [2.24, 2.45) is 5.92 Å². The minimum atomic E-state index is -3.48. The second kappa shape index (κ2) is 7.86. The van der Waals surface area contributed by atoms with Crippen LogP contribution >= 0.6 is 0 Å². The molecule has 1 unspecified atom stereocenters. The number of hydrogen-bond donors (Lipinski definition) is 0. The predicted octanol–water partition coefficient (Wildman–Crippen LogP) is -0.443. The first kappa shape index (κ1) is 18.9. The lowest BCUT2D eigenvalue weighted by atomic mass is 9.94. The van der Waals surface area contributed by atoms with Crippen LogP contribution in [0.2, 0.25) is 0 Å². The Morgan fingerprint density at radius 1 is 1.04 bits per heavy atom. The van der Waals surface area contributed by atoms with E-state index in [-0.39, 0.29) is 11.8 Å². The van der Waals surface area contributed by atoms with E-state index in [0.29, 0.717) is 65.3 Å². The molecule has 2 fully saturated rings. The first-order valence-electron chi connectivity index (χ1n) is 9.68. The summed E-state index contributed by atoms with van der Waals surface area (Å²) in [5, 5.41) is 4.26. The SMILES string of the molecule is O=C(C1CCn2nccc2C1)N1CCCN(S(=O)(=O)N2CCOCC2)CC1. The minimum Gasteiger partial charge on any atom is -0.379 e. The summed E-state index contributed by atoms with van der Waals surface area (Å²) in [6.45, 7) is 4.34. The highest BCUT2D eigenvalue weighted by molar-refractivity contribution is 7.86. The van der Waals surface area contributed by atoms with Crippen LogP contribution in [-0.2, 0) is 32.7 Å². The molecule has 0 aliphatic carbocycles. The molecule has 0 N–H and O–H groups in total. The normalized spacial score (nSPS) is 25.8. The Morgan fingerprint density at radius 2 is 1.81 bits per heavy atom. The van der Waals surface area contributed by atoms with Crippen molar-refractivity contribution >= 4 is 16.1 Å². The summed E-state index contributed by atoms with van der Waals surface area (Å²) in [5.74, 6) is 0.115. The quantitative estimate of drug-likeness (QED) is 0.690. The van der Waals surface area contributed by atoms with Gasteiger partial charge in [-0.15, -0.1) is 0 Å². The lowest BCUT2D eigenvalue weighted by Gasteiger charge is -2.32. The third-order valence-electron chi connectivity index (χ3n) is 5.69. The van der Waals surface area contributed by atoms with Crippen LogP contribution in [0.3, 0.4) is 0 Å². The number of morpholine rings is 1. The van der Waals surface area contributed by atoms with Crippen LogP contribution in [-0.4, -0.2) is 90.1 Å². The predicted molar refractivity (Wildman–Crippen MR) is 98.1 cm³/mol. The summed E-state index contributed by atoms with van der Waals surface area (Å²) in [5.41, 5.74) is 1.10. The molecule has 1 amide bonds. The molecule has 2 saturated heterocycles. The molecular formula is C17H27N5O4S. The van der Waals surface area contributed by atoms with Gasteiger partial charge in [0.15, 0.2) is 0 Å². The number of ether oxygens (including phenoxy) is 1. The van der Waals surface area contributed by atoms with Gasteiger partial charge in [-0.2, -0.15) is 22.1 Å². The summed E-state index contributed by atoms with van der Waals surface area (Å²) < 4.78 is 36.0. The number of fused-ring (bicyclic) bond motifs is 1. The van der Waals surface area contributed by atoms with Gasteiger partial charge < -0.3 is 9.64 Å². The highest BCUT2D eigenvalue weighted by Gasteiger charge is 2.34. The van der Waals surface area contributed by atoms with Gasteiger partial charge in [-0.1, -0.05) is 0 Å². The molecule has 0 saturated carbocycles. The number of nitrogens with zero attached hydrogens (tertiary/aromatic N) is 5. The van der Waals surface area contributed by atoms with Gasteiger partial charge in [0.05, 0.1) is 13.2 Å². The number of aryl methyl sites for hydroxylation is 1. The fraction of sp³-hybridized carbons (Fsp3) is 0.765. The van der Waals surface area contributed by atoms with Crippen LogP contribution < -0.4 is 0 Å². The highest BCUT2D eigenvalue weighted by Crippen LogP contribution is 2.23. The van der Waals surface area contributed by atoms with Crippen LogP contribution in [0.4, 0.5) is 0 Å². The third kappa shape index (κ3) is 3.89. The maximum atomic E-state index is 13.0. The van der Waals surface area contributed by atoms with E-state index in [9.17, 15) is 13.2 Å². The van der Waals surface area contributed by atoms with Crippen LogP contribution in [0.5, 0.6) is 0 Å². The van der Waals surface area contributed by atoms with E-state index in [2.05, 4.69) is 5.10 Å². The van der Waals surface area contributed by atoms with Crippen molar-refractivity contribution in [3.8, 4) is 0 Å². The van der Waals surface area contributed by atoms with Crippen LogP contribution in [0.25, 0.3) is 0 Å². The molecule has 4 rings (SSSR count). The largest absolute Gasteiger partial charge is 0.379 e. The number of rotatable bonds is 3. The number of carbonyl (C=O) groups excluding carboxylic acids is 1. The Morgan fingerprint density at radius 3 is 2.63 bits per heavy atom. The molecule has 1 atom stereocenters. The van der Waals surface area contributed by atoms with Gasteiger partial charge in [0.25, 0.3) is 10.2 Å². The second-order valence-corrected chi connectivity index (χ2v) is 9.26. The molecule has 0 aromatic carbocycles. The summed E-state index contributed by atoms with van der Waals surface area (Å²) >= 11 is 0. The third-order valence-corrected chi connectivity index (χ3v) is 7.72. The number of hydrogen-bond acceptors (Lipinski definition) is 5. The van der Waals surface area contributed by atoms with Gasteiger partial charge in [0.1, 0.15) is 0 Å². The van der Waals surface area contributed by atoms with Gasteiger partial charge in [0.2, 0.25) is 5.91 Å². The Balaban J connectivity index is 1.37. The van der Waals surface area contributed by atoms with E-state index in [1.54, 1.807) is 6.20 Å². The van der Waals surface area contributed by atoms with E-state index in [1.165, 1.54) is 8.61 Å². The molecule has 0 radical (unpaired) electrons.